The zero-order chi connectivity index (χ0) is 14.2. The van der Waals surface area contributed by atoms with Gasteiger partial charge in [0, 0.05) is 25.2 Å². The summed E-state index contributed by atoms with van der Waals surface area (Å²) in [6.07, 6.45) is 3.40. The van der Waals surface area contributed by atoms with E-state index in [1.807, 2.05) is 11.0 Å². The number of rotatable bonds is 1. The Morgan fingerprint density at radius 3 is 2.95 bits per heavy atom. The first-order valence-electron chi connectivity index (χ1n) is 7.67. The number of amides is 1. The second-order valence-electron chi connectivity index (χ2n) is 6.90. The number of nitrogens with one attached hydrogen (secondary N) is 1. The standard InChI is InChI=1S/C17H24N2O/c1-17(2)7-3-9-19(12-17)16(20)14-5-4-13-6-8-18-11-15(13)10-14/h4-5,10,18H,3,6-9,11-12H2,1-2H3. The maximum absolute atomic E-state index is 12.7. The smallest absolute Gasteiger partial charge is 0.253 e. The van der Waals surface area contributed by atoms with E-state index in [-0.39, 0.29) is 11.3 Å². The Kier molecular flexibility index (Phi) is 3.55. The van der Waals surface area contributed by atoms with Gasteiger partial charge in [0.05, 0.1) is 0 Å². The molecule has 0 atom stereocenters. The first kappa shape index (κ1) is 13.6. The third-order valence-electron chi connectivity index (χ3n) is 4.53. The summed E-state index contributed by atoms with van der Waals surface area (Å²) in [5.41, 5.74) is 3.78. The Hall–Kier alpha value is -1.35. The van der Waals surface area contributed by atoms with Gasteiger partial charge >= 0.3 is 0 Å². The Morgan fingerprint density at radius 2 is 2.15 bits per heavy atom. The Labute approximate surface area is 121 Å². The molecule has 20 heavy (non-hydrogen) atoms. The van der Waals surface area contributed by atoms with Gasteiger partial charge in [0.2, 0.25) is 0 Å². The fourth-order valence-corrected chi connectivity index (χ4v) is 3.39. The van der Waals surface area contributed by atoms with E-state index in [0.717, 1.165) is 44.6 Å². The van der Waals surface area contributed by atoms with Gasteiger partial charge in [0.1, 0.15) is 0 Å². The molecule has 0 unspecified atom stereocenters. The van der Waals surface area contributed by atoms with Gasteiger partial charge in [-0.3, -0.25) is 4.79 Å². The van der Waals surface area contributed by atoms with E-state index in [1.54, 1.807) is 0 Å². The summed E-state index contributed by atoms with van der Waals surface area (Å²) in [6.45, 7) is 8.22. The van der Waals surface area contributed by atoms with Gasteiger partial charge in [-0.15, -0.1) is 0 Å². The summed E-state index contributed by atoms with van der Waals surface area (Å²) in [7, 11) is 0. The fourth-order valence-electron chi connectivity index (χ4n) is 3.39. The van der Waals surface area contributed by atoms with Crippen LogP contribution in [-0.2, 0) is 13.0 Å². The van der Waals surface area contributed by atoms with E-state index in [9.17, 15) is 4.79 Å². The molecule has 0 saturated carbocycles. The van der Waals surface area contributed by atoms with E-state index < -0.39 is 0 Å². The summed E-state index contributed by atoms with van der Waals surface area (Å²) in [6, 6.07) is 6.23. The van der Waals surface area contributed by atoms with Gasteiger partial charge in [-0.05, 0) is 54.5 Å². The minimum atomic E-state index is 0.200. The molecule has 0 aliphatic carbocycles. The summed E-state index contributed by atoms with van der Waals surface area (Å²) in [5, 5.41) is 3.37. The van der Waals surface area contributed by atoms with E-state index in [2.05, 4.69) is 31.3 Å². The lowest BCUT2D eigenvalue weighted by Gasteiger charge is -2.38. The predicted octanol–water partition coefficient (Wildman–Crippen LogP) is 2.59. The normalized spacial score (nSPS) is 21.4. The van der Waals surface area contributed by atoms with Crippen LogP contribution in [0.5, 0.6) is 0 Å². The number of nitrogens with zero attached hydrogens (tertiary/aromatic N) is 1. The maximum Gasteiger partial charge on any atom is 0.253 e. The molecule has 1 aromatic rings. The van der Waals surface area contributed by atoms with Crippen molar-refractivity contribution in [2.45, 2.75) is 39.7 Å². The molecule has 1 aromatic carbocycles. The zero-order valence-electron chi connectivity index (χ0n) is 12.5. The first-order chi connectivity index (χ1) is 9.55. The van der Waals surface area contributed by atoms with Crippen molar-refractivity contribution < 1.29 is 4.79 Å². The molecule has 3 heteroatoms. The number of benzene rings is 1. The molecular weight excluding hydrogens is 248 g/mol. The molecule has 1 fully saturated rings. The highest BCUT2D eigenvalue weighted by Gasteiger charge is 2.29. The highest BCUT2D eigenvalue weighted by Crippen LogP contribution is 2.29. The highest BCUT2D eigenvalue weighted by molar-refractivity contribution is 5.94. The third kappa shape index (κ3) is 2.73. The van der Waals surface area contributed by atoms with Crippen molar-refractivity contribution in [3.05, 3.63) is 34.9 Å². The predicted molar refractivity (Wildman–Crippen MR) is 80.8 cm³/mol. The second-order valence-corrected chi connectivity index (χ2v) is 6.90. The molecule has 1 saturated heterocycles. The van der Waals surface area contributed by atoms with Gasteiger partial charge in [0.15, 0.2) is 0 Å². The van der Waals surface area contributed by atoms with Crippen LogP contribution in [0.25, 0.3) is 0 Å². The lowest BCUT2D eigenvalue weighted by Crippen LogP contribution is -2.43. The van der Waals surface area contributed by atoms with Gasteiger partial charge < -0.3 is 10.2 Å². The molecule has 2 aliphatic heterocycles. The van der Waals surface area contributed by atoms with E-state index in [4.69, 9.17) is 0 Å². The fraction of sp³-hybridized carbons (Fsp3) is 0.588. The SMILES string of the molecule is CC1(C)CCCN(C(=O)c2ccc3c(c2)CNCC3)C1. The van der Waals surface area contributed by atoms with Gasteiger partial charge in [-0.1, -0.05) is 19.9 Å². The molecule has 2 aliphatic rings. The van der Waals surface area contributed by atoms with Crippen LogP contribution in [0.1, 0.15) is 48.2 Å². The minimum absolute atomic E-state index is 0.200. The summed E-state index contributed by atoms with van der Waals surface area (Å²) in [5.74, 6) is 0.200. The van der Waals surface area contributed by atoms with Crippen LogP contribution in [0.4, 0.5) is 0 Å². The van der Waals surface area contributed by atoms with Crippen LogP contribution in [0.15, 0.2) is 18.2 Å². The molecule has 1 amide bonds. The molecule has 0 spiro atoms. The van der Waals surface area contributed by atoms with E-state index >= 15 is 0 Å². The lowest BCUT2D eigenvalue weighted by molar-refractivity contribution is 0.0583. The van der Waals surface area contributed by atoms with Crippen molar-refractivity contribution in [1.29, 1.82) is 0 Å². The summed E-state index contributed by atoms with van der Waals surface area (Å²) in [4.78, 5) is 14.7. The van der Waals surface area contributed by atoms with Gasteiger partial charge in [0.25, 0.3) is 5.91 Å². The van der Waals surface area contributed by atoms with E-state index in [1.165, 1.54) is 17.5 Å². The Bertz CT molecular complexity index is 522. The van der Waals surface area contributed by atoms with Crippen LogP contribution in [0.3, 0.4) is 0 Å². The topological polar surface area (TPSA) is 32.3 Å². The van der Waals surface area contributed by atoms with Crippen LogP contribution in [0.2, 0.25) is 0 Å². The van der Waals surface area contributed by atoms with Crippen LogP contribution in [0, 0.1) is 5.41 Å². The first-order valence-corrected chi connectivity index (χ1v) is 7.67. The molecular formula is C17H24N2O. The minimum Gasteiger partial charge on any atom is -0.338 e. The van der Waals surface area contributed by atoms with Crippen molar-refractivity contribution in [2.75, 3.05) is 19.6 Å². The number of carbonyl (C=O) groups excluding carboxylic acids is 1. The monoisotopic (exact) mass is 272 g/mol. The van der Waals surface area contributed by atoms with Gasteiger partial charge in [-0.25, -0.2) is 0 Å². The van der Waals surface area contributed by atoms with Crippen LogP contribution in [-0.4, -0.2) is 30.4 Å². The van der Waals surface area contributed by atoms with Crippen LogP contribution >= 0.6 is 0 Å². The quantitative estimate of drug-likeness (QED) is 0.852. The third-order valence-corrected chi connectivity index (χ3v) is 4.53. The van der Waals surface area contributed by atoms with Crippen molar-refractivity contribution >= 4 is 5.91 Å². The molecule has 2 heterocycles. The number of carbonyl (C=O) groups is 1. The Balaban J connectivity index is 1.80. The zero-order valence-corrected chi connectivity index (χ0v) is 12.5. The number of fused-ring (bicyclic) bond motifs is 1. The average Bonchev–Trinajstić information content (AvgIpc) is 2.45. The Morgan fingerprint density at radius 1 is 1.30 bits per heavy atom. The molecule has 0 aromatic heterocycles. The number of hydrogen-bond donors (Lipinski definition) is 1. The highest BCUT2D eigenvalue weighted by atomic mass is 16.2. The largest absolute Gasteiger partial charge is 0.338 e. The molecule has 3 rings (SSSR count). The van der Waals surface area contributed by atoms with Gasteiger partial charge in [-0.2, -0.15) is 0 Å². The summed E-state index contributed by atoms with van der Waals surface area (Å²) < 4.78 is 0. The van der Waals surface area contributed by atoms with Crippen molar-refractivity contribution in [2.24, 2.45) is 5.41 Å². The van der Waals surface area contributed by atoms with Crippen molar-refractivity contribution in [3.8, 4) is 0 Å². The number of likely N-dealkylation sites (tertiary alicyclic amines) is 1. The van der Waals surface area contributed by atoms with Crippen molar-refractivity contribution in [3.63, 3.8) is 0 Å². The summed E-state index contributed by atoms with van der Waals surface area (Å²) >= 11 is 0. The maximum atomic E-state index is 12.7. The van der Waals surface area contributed by atoms with E-state index in [0.29, 0.717) is 0 Å². The molecule has 0 bridgehead atoms. The molecule has 0 radical (unpaired) electrons. The number of piperidine rings is 1. The molecule has 1 N–H and O–H groups in total. The molecule has 3 nitrogen and oxygen atoms in total. The average molecular weight is 272 g/mol. The second kappa shape index (κ2) is 5.21. The number of hydrogen-bond acceptors (Lipinski definition) is 2. The lowest BCUT2D eigenvalue weighted by atomic mass is 9.84. The van der Waals surface area contributed by atoms with Crippen LogP contribution < -0.4 is 5.32 Å². The van der Waals surface area contributed by atoms with Crippen molar-refractivity contribution in [1.82, 2.24) is 10.2 Å². The molecule has 108 valence electrons.